The predicted molar refractivity (Wildman–Crippen MR) is 74.4 cm³/mol. The van der Waals surface area contributed by atoms with Crippen molar-refractivity contribution in [1.82, 2.24) is 19.5 Å². The Kier molecular flexibility index (Phi) is 3.68. The standard InChI is InChI=1S/C12H14ClFN4O4/c1-5-16-9-7(10(21)17-5)15-4-18(9)11-6(14)8(20)12(2-13,3-19)22-11/h4,6,8,11,19-20H,2-3H2,1H3,(H,16,17,21)/t6-,8+,11-,12-/m1/s1. The number of aromatic nitrogens is 4. The zero-order valence-electron chi connectivity index (χ0n) is 11.5. The van der Waals surface area contributed by atoms with E-state index in [1.165, 1.54) is 10.9 Å². The first-order valence-electron chi connectivity index (χ1n) is 6.54. The summed E-state index contributed by atoms with van der Waals surface area (Å²) in [5.41, 5.74) is -1.91. The number of rotatable bonds is 3. The minimum absolute atomic E-state index is 0.0308. The van der Waals surface area contributed by atoms with Crippen LogP contribution >= 0.6 is 11.6 Å². The van der Waals surface area contributed by atoms with Gasteiger partial charge in [0.25, 0.3) is 5.56 Å². The van der Waals surface area contributed by atoms with Crippen molar-refractivity contribution in [2.45, 2.75) is 31.0 Å². The van der Waals surface area contributed by atoms with Crippen LogP contribution in [-0.4, -0.2) is 60.1 Å². The van der Waals surface area contributed by atoms with E-state index in [2.05, 4.69) is 15.0 Å². The van der Waals surface area contributed by atoms with Gasteiger partial charge in [-0.05, 0) is 6.92 Å². The summed E-state index contributed by atoms with van der Waals surface area (Å²) in [4.78, 5) is 22.3. The molecule has 4 atom stereocenters. The van der Waals surface area contributed by atoms with E-state index in [0.717, 1.165) is 0 Å². The quantitative estimate of drug-likeness (QED) is 0.661. The Labute approximate surface area is 128 Å². The van der Waals surface area contributed by atoms with Crippen molar-refractivity contribution in [2.24, 2.45) is 0 Å². The lowest BCUT2D eigenvalue weighted by atomic mass is 9.99. The first-order chi connectivity index (χ1) is 10.4. The van der Waals surface area contributed by atoms with Crippen LogP contribution < -0.4 is 5.56 Å². The van der Waals surface area contributed by atoms with E-state index >= 15 is 0 Å². The van der Waals surface area contributed by atoms with Crippen molar-refractivity contribution in [3.8, 4) is 0 Å². The molecule has 0 amide bonds. The number of aliphatic hydroxyl groups excluding tert-OH is 2. The highest BCUT2D eigenvalue weighted by Gasteiger charge is 2.55. The monoisotopic (exact) mass is 332 g/mol. The van der Waals surface area contributed by atoms with Crippen LogP contribution in [0.15, 0.2) is 11.1 Å². The summed E-state index contributed by atoms with van der Waals surface area (Å²) in [5.74, 6) is 0.0420. The lowest BCUT2D eigenvalue weighted by Crippen LogP contribution is -2.47. The fourth-order valence-corrected chi connectivity index (χ4v) is 2.84. The van der Waals surface area contributed by atoms with Crippen LogP contribution in [0, 0.1) is 6.92 Å². The van der Waals surface area contributed by atoms with E-state index in [1.54, 1.807) is 6.92 Å². The number of fused-ring (bicyclic) bond motifs is 1. The van der Waals surface area contributed by atoms with Gasteiger partial charge in [-0.25, -0.2) is 14.4 Å². The first kappa shape index (κ1) is 15.3. The molecule has 1 aliphatic rings. The van der Waals surface area contributed by atoms with Crippen LogP contribution in [0.4, 0.5) is 4.39 Å². The Bertz CT molecular complexity index is 759. The number of nitrogens with zero attached hydrogens (tertiary/aromatic N) is 3. The van der Waals surface area contributed by atoms with Crippen LogP contribution in [-0.2, 0) is 4.74 Å². The number of alkyl halides is 2. The first-order valence-corrected chi connectivity index (χ1v) is 7.07. The van der Waals surface area contributed by atoms with E-state index in [-0.39, 0.29) is 17.0 Å². The zero-order valence-corrected chi connectivity index (χ0v) is 12.3. The Morgan fingerprint density at radius 3 is 2.95 bits per heavy atom. The van der Waals surface area contributed by atoms with E-state index in [0.29, 0.717) is 5.82 Å². The normalized spacial score (nSPS) is 32.0. The predicted octanol–water partition coefficient (Wildman–Crippen LogP) is -0.374. The molecule has 10 heteroatoms. The average Bonchev–Trinajstić information content (AvgIpc) is 3.01. The Balaban J connectivity index is 2.11. The molecule has 0 aromatic carbocycles. The van der Waals surface area contributed by atoms with Crippen LogP contribution in [0.3, 0.4) is 0 Å². The van der Waals surface area contributed by atoms with Crippen molar-refractivity contribution < 1.29 is 19.3 Å². The molecule has 22 heavy (non-hydrogen) atoms. The Hall–Kier alpha value is -1.55. The van der Waals surface area contributed by atoms with Crippen LogP contribution in [0.1, 0.15) is 12.1 Å². The summed E-state index contributed by atoms with van der Waals surface area (Å²) in [6, 6.07) is 0. The van der Waals surface area contributed by atoms with Gasteiger partial charge in [-0.15, -0.1) is 11.6 Å². The molecule has 1 fully saturated rings. The van der Waals surface area contributed by atoms with Gasteiger partial charge in [0.2, 0.25) is 0 Å². The molecule has 1 aliphatic heterocycles. The highest BCUT2D eigenvalue weighted by atomic mass is 35.5. The number of H-pyrrole nitrogens is 1. The largest absolute Gasteiger partial charge is 0.393 e. The van der Waals surface area contributed by atoms with Crippen LogP contribution in [0.25, 0.3) is 11.2 Å². The van der Waals surface area contributed by atoms with Gasteiger partial charge in [0.15, 0.2) is 23.6 Å². The Morgan fingerprint density at radius 1 is 1.64 bits per heavy atom. The molecule has 1 saturated heterocycles. The van der Waals surface area contributed by atoms with Crippen molar-refractivity contribution in [3.05, 3.63) is 22.5 Å². The molecule has 2 aromatic rings. The minimum atomic E-state index is -1.86. The van der Waals surface area contributed by atoms with Gasteiger partial charge in [-0.3, -0.25) is 9.36 Å². The molecule has 0 spiro atoms. The van der Waals surface area contributed by atoms with Crippen molar-refractivity contribution in [1.29, 1.82) is 0 Å². The maximum Gasteiger partial charge on any atom is 0.279 e. The van der Waals surface area contributed by atoms with E-state index in [1.807, 2.05) is 0 Å². The third kappa shape index (κ3) is 2.04. The van der Waals surface area contributed by atoms with Gasteiger partial charge in [-0.1, -0.05) is 0 Å². The maximum absolute atomic E-state index is 14.4. The molecular weight excluding hydrogens is 319 g/mol. The lowest BCUT2D eigenvalue weighted by Gasteiger charge is -2.26. The zero-order chi connectivity index (χ0) is 16.1. The number of hydrogen-bond acceptors (Lipinski definition) is 6. The molecule has 0 aliphatic carbocycles. The number of imidazole rings is 1. The highest BCUT2D eigenvalue weighted by Crippen LogP contribution is 2.40. The fraction of sp³-hybridized carbons (Fsp3) is 0.583. The summed E-state index contributed by atoms with van der Waals surface area (Å²) in [6.45, 7) is 0.931. The third-order valence-corrected chi connectivity index (χ3v) is 4.24. The fourth-order valence-electron chi connectivity index (χ4n) is 2.54. The maximum atomic E-state index is 14.4. The molecule has 3 heterocycles. The van der Waals surface area contributed by atoms with Crippen LogP contribution in [0.2, 0.25) is 0 Å². The molecule has 8 nitrogen and oxygen atoms in total. The van der Waals surface area contributed by atoms with Gasteiger partial charge in [0, 0.05) is 0 Å². The van der Waals surface area contributed by atoms with Crippen molar-refractivity contribution in [2.75, 3.05) is 12.5 Å². The SMILES string of the molecule is Cc1nc2c(ncn2[C@@H]2O[C@@](CO)(CCl)[C@@H](O)[C@H]2F)c(=O)[nH]1. The van der Waals surface area contributed by atoms with Crippen molar-refractivity contribution in [3.63, 3.8) is 0 Å². The summed E-state index contributed by atoms with van der Waals surface area (Å²) in [5, 5.41) is 19.4. The number of hydrogen-bond donors (Lipinski definition) is 3. The number of aryl methyl sites for hydroxylation is 1. The molecule has 3 rings (SSSR count). The van der Waals surface area contributed by atoms with Gasteiger partial charge in [0.05, 0.1) is 18.8 Å². The molecule has 120 valence electrons. The summed E-state index contributed by atoms with van der Waals surface area (Å²) < 4.78 is 21.1. The minimum Gasteiger partial charge on any atom is -0.393 e. The summed E-state index contributed by atoms with van der Waals surface area (Å²) in [7, 11) is 0. The second-order valence-corrected chi connectivity index (χ2v) is 5.50. The van der Waals surface area contributed by atoms with Crippen LogP contribution in [0.5, 0.6) is 0 Å². The lowest BCUT2D eigenvalue weighted by molar-refractivity contribution is -0.113. The second-order valence-electron chi connectivity index (χ2n) is 5.23. The molecule has 0 bridgehead atoms. The van der Waals surface area contributed by atoms with E-state index in [9.17, 15) is 19.4 Å². The molecule has 2 aromatic heterocycles. The number of halogens is 2. The van der Waals surface area contributed by atoms with Gasteiger partial charge >= 0.3 is 0 Å². The number of aromatic amines is 1. The number of aliphatic hydroxyl groups is 2. The molecule has 0 unspecified atom stereocenters. The topological polar surface area (TPSA) is 113 Å². The number of nitrogens with one attached hydrogen (secondary N) is 1. The van der Waals surface area contributed by atoms with Gasteiger partial charge in [0.1, 0.15) is 17.5 Å². The molecule has 3 N–H and O–H groups in total. The van der Waals surface area contributed by atoms with E-state index < -0.39 is 36.3 Å². The Morgan fingerprint density at radius 2 is 2.36 bits per heavy atom. The van der Waals surface area contributed by atoms with E-state index in [4.69, 9.17) is 16.3 Å². The second kappa shape index (κ2) is 5.27. The average molecular weight is 333 g/mol. The van der Waals surface area contributed by atoms with Gasteiger partial charge in [-0.2, -0.15) is 0 Å². The third-order valence-electron chi connectivity index (χ3n) is 3.79. The van der Waals surface area contributed by atoms with Gasteiger partial charge < -0.3 is 19.9 Å². The molecular formula is C12H14ClFN4O4. The van der Waals surface area contributed by atoms with Crippen molar-refractivity contribution >= 4 is 22.8 Å². The number of ether oxygens (including phenoxy) is 1. The molecule has 0 saturated carbocycles. The summed E-state index contributed by atoms with van der Waals surface area (Å²) in [6.07, 6.45) is -3.55. The summed E-state index contributed by atoms with van der Waals surface area (Å²) >= 11 is 5.71. The highest BCUT2D eigenvalue weighted by molar-refractivity contribution is 6.18. The smallest absolute Gasteiger partial charge is 0.279 e. The molecule has 0 radical (unpaired) electrons.